The van der Waals surface area contributed by atoms with Crippen LogP contribution in [0.25, 0.3) is 6.08 Å². The van der Waals surface area contributed by atoms with Crippen molar-refractivity contribution in [1.29, 1.82) is 0 Å². The molecule has 108 valence electrons. The van der Waals surface area contributed by atoms with Crippen molar-refractivity contribution in [2.75, 3.05) is 12.3 Å². The van der Waals surface area contributed by atoms with E-state index >= 15 is 0 Å². The van der Waals surface area contributed by atoms with Gasteiger partial charge in [-0.05, 0) is 42.7 Å². The molecular formula is C18H20N2O. The molecule has 0 saturated heterocycles. The lowest BCUT2D eigenvalue weighted by Gasteiger charge is -2.03. The van der Waals surface area contributed by atoms with Crippen molar-refractivity contribution in [3.05, 3.63) is 71.3 Å². The van der Waals surface area contributed by atoms with E-state index in [2.05, 4.69) is 30.4 Å². The summed E-state index contributed by atoms with van der Waals surface area (Å²) in [5, 5.41) is 2.88. The summed E-state index contributed by atoms with van der Waals surface area (Å²) in [6.07, 6.45) is 4.13. The minimum absolute atomic E-state index is 0.0925. The second-order valence-electron chi connectivity index (χ2n) is 5.03. The van der Waals surface area contributed by atoms with Crippen LogP contribution in [0, 0.1) is 6.92 Å². The number of rotatable bonds is 5. The van der Waals surface area contributed by atoms with Crippen LogP contribution in [0.4, 0.5) is 5.69 Å². The molecule has 0 spiro atoms. The van der Waals surface area contributed by atoms with Crippen molar-refractivity contribution in [3.63, 3.8) is 0 Å². The summed E-state index contributed by atoms with van der Waals surface area (Å²) in [5.41, 5.74) is 9.77. The molecule has 0 atom stereocenters. The molecule has 0 unspecified atom stereocenters. The zero-order valence-corrected chi connectivity index (χ0v) is 12.2. The highest BCUT2D eigenvalue weighted by Crippen LogP contribution is 2.08. The molecule has 0 aromatic heterocycles. The van der Waals surface area contributed by atoms with E-state index in [4.69, 9.17) is 5.73 Å². The Kier molecular flexibility index (Phi) is 5.16. The Labute approximate surface area is 125 Å². The molecule has 0 saturated carbocycles. The molecule has 0 aliphatic heterocycles. The van der Waals surface area contributed by atoms with Gasteiger partial charge in [0.2, 0.25) is 5.91 Å². The van der Waals surface area contributed by atoms with E-state index in [0.717, 1.165) is 12.0 Å². The van der Waals surface area contributed by atoms with Gasteiger partial charge in [-0.1, -0.05) is 42.0 Å². The Morgan fingerprint density at radius 1 is 1.19 bits per heavy atom. The molecule has 3 N–H and O–H groups in total. The predicted molar refractivity (Wildman–Crippen MR) is 87.8 cm³/mol. The van der Waals surface area contributed by atoms with E-state index in [9.17, 15) is 4.79 Å². The minimum atomic E-state index is -0.0925. The largest absolute Gasteiger partial charge is 0.399 e. The number of nitrogens with two attached hydrogens (primary N) is 1. The van der Waals surface area contributed by atoms with Crippen molar-refractivity contribution in [3.8, 4) is 0 Å². The van der Waals surface area contributed by atoms with Crippen LogP contribution in [0.1, 0.15) is 16.7 Å². The summed E-state index contributed by atoms with van der Waals surface area (Å²) < 4.78 is 0. The summed E-state index contributed by atoms with van der Waals surface area (Å²) >= 11 is 0. The third-order valence-electron chi connectivity index (χ3n) is 3.13. The Hall–Kier alpha value is -2.55. The van der Waals surface area contributed by atoms with Gasteiger partial charge >= 0.3 is 0 Å². The third-order valence-corrected chi connectivity index (χ3v) is 3.13. The number of carbonyl (C=O) groups excluding carboxylic acids is 1. The van der Waals surface area contributed by atoms with Crippen molar-refractivity contribution >= 4 is 17.7 Å². The average molecular weight is 280 g/mol. The van der Waals surface area contributed by atoms with E-state index in [0.29, 0.717) is 12.2 Å². The molecule has 1 amide bonds. The average Bonchev–Trinajstić information content (AvgIpc) is 2.45. The summed E-state index contributed by atoms with van der Waals surface area (Å²) in [5.74, 6) is -0.0925. The maximum Gasteiger partial charge on any atom is 0.244 e. The van der Waals surface area contributed by atoms with Crippen LogP contribution in [-0.2, 0) is 11.2 Å². The highest BCUT2D eigenvalue weighted by molar-refractivity contribution is 5.91. The van der Waals surface area contributed by atoms with Gasteiger partial charge in [0, 0.05) is 18.3 Å². The van der Waals surface area contributed by atoms with Gasteiger partial charge in [-0.2, -0.15) is 0 Å². The number of hydrogen-bond acceptors (Lipinski definition) is 2. The van der Waals surface area contributed by atoms with Gasteiger partial charge in [-0.3, -0.25) is 4.79 Å². The third kappa shape index (κ3) is 5.15. The van der Waals surface area contributed by atoms with Gasteiger partial charge < -0.3 is 11.1 Å². The molecule has 21 heavy (non-hydrogen) atoms. The summed E-state index contributed by atoms with van der Waals surface area (Å²) in [6.45, 7) is 2.69. The van der Waals surface area contributed by atoms with Crippen LogP contribution in [-0.4, -0.2) is 12.5 Å². The monoisotopic (exact) mass is 280 g/mol. The Morgan fingerprint density at radius 3 is 2.76 bits per heavy atom. The zero-order valence-electron chi connectivity index (χ0n) is 12.2. The summed E-state index contributed by atoms with van der Waals surface area (Å²) in [7, 11) is 0. The van der Waals surface area contributed by atoms with E-state index in [-0.39, 0.29) is 5.91 Å². The zero-order chi connectivity index (χ0) is 15.1. The van der Waals surface area contributed by atoms with Crippen LogP contribution in [0.15, 0.2) is 54.6 Å². The van der Waals surface area contributed by atoms with Gasteiger partial charge in [0.25, 0.3) is 0 Å². The molecule has 0 aliphatic carbocycles. The highest BCUT2D eigenvalue weighted by atomic mass is 16.1. The summed E-state index contributed by atoms with van der Waals surface area (Å²) in [6, 6.07) is 15.7. The standard InChI is InChI=1S/C18H20N2O/c1-14-4-2-5-16(12-14)10-11-20-18(21)9-8-15-6-3-7-17(19)13-15/h2-9,12-13H,10-11,19H2,1H3,(H,20,21)/b9-8+. The van der Waals surface area contributed by atoms with E-state index < -0.39 is 0 Å². The molecule has 0 aliphatic rings. The van der Waals surface area contributed by atoms with Crippen molar-refractivity contribution in [2.24, 2.45) is 0 Å². The summed E-state index contributed by atoms with van der Waals surface area (Å²) in [4.78, 5) is 11.7. The van der Waals surface area contributed by atoms with Crippen molar-refractivity contribution in [2.45, 2.75) is 13.3 Å². The number of nitrogen functional groups attached to an aromatic ring is 1. The number of anilines is 1. The number of benzene rings is 2. The molecule has 2 aromatic carbocycles. The fraction of sp³-hybridized carbons (Fsp3) is 0.167. The smallest absolute Gasteiger partial charge is 0.244 e. The lowest BCUT2D eigenvalue weighted by molar-refractivity contribution is -0.116. The predicted octanol–water partition coefficient (Wildman–Crippen LogP) is 2.95. The van der Waals surface area contributed by atoms with E-state index in [1.165, 1.54) is 17.2 Å². The van der Waals surface area contributed by atoms with Gasteiger partial charge in [0.1, 0.15) is 0 Å². The normalized spacial score (nSPS) is 10.7. The number of aryl methyl sites for hydroxylation is 1. The first-order chi connectivity index (χ1) is 10.1. The Bertz CT molecular complexity index is 647. The number of hydrogen-bond donors (Lipinski definition) is 2. The van der Waals surface area contributed by atoms with E-state index in [1.54, 1.807) is 6.08 Å². The van der Waals surface area contributed by atoms with Gasteiger partial charge in [-0.25, -0.2) is 0 Å². The van der Waals surface area contributed by atoms with Crippen LogP contribution >= 0.6 is 0 Å². The van der Waals surface area contributed by atoms with Gasteiger partial charge in [0.15, 0.2) is 0 Å². The highest BCUT2D eigenvalue weighted by Gasteiger charge is 1.97. The molecule has 2 aromatic rings. The molecule has 0 heterocycles. The van der Waals surface area contributed by atoms with Crippen LogP contribution < -0.4 is 11.1 Å². The topological polar surface area (TPSA) is 55.1 Å². The molecule has 3 heteroatoms. The molecule has 0 fully saturated rings. The first kappa shape index (κ1) is 14.9. The molecule has 3 nitrogen and oxygen atoms in total. The number of carbonyl (C=O) groups is 1. The fourth-order valence-electron chi connectivity index (χ4n) is 2.09. The lowest BCUT2D eigenvalue weighted by Crippen LogP contribution is -2.23. The van der Waals surface area contributed by atoms with Crippen LogP contribution in [0.2, 0.25) is 0 Å². The quantitative estimate of drug-likeness (QED) is 0.653. The first-order valence-corrected chi connectivity index (χ1v) is 7.00. The second kappa shape index (κ2) is 7.29. The van der Waals surface area contributed by atoms with Crippen LogP contribution in [0.3, 0.4) is 0 Å². The lowest BCUT2D eigenvalue weighted by atomic mass is 10.1. The SMILES string of the molecule is Cc1cccc(CCNC(=O)/C=C/c2cccc(N)c2)c1. The molecule has 0 bridgehead atoms. The van der Waals surface area contributed by atoms with Gasteiger partial charge in [0.05, 0.1) is 0 Å². The molecule has 2 rings (SSSR count). The minimum Gasteiger partial charge on any atom is -0.399 e. The van der Waals surface area contributed by atoms with Crippen LogP contribution in [0.5, 0.6) is 0 Å². The van der Waals surface area contributed by atoms with E-state index in [1.807, 2.05) is 30.3 Å². The van der Waals surface area contributed by atoms with Gasteiger partial charge in [-0.15, -0.1) is 0 Å². The first-order valence-electron chi connectivity index (χ1n) is 7.00. The van der Waals surface area contributed by atoms with Crippen molar-refractivity contribution < 1.29 is 4.79 Å². The Balaban J connectivity index is 1.80. The fourth-order valence-corrected chi connectivity index (χ4v) is 2.09. The second-order valence-corrected chi connectivity index (χ2v) is 5.03. The van der Waals surface area contributed by atoms with Crippen molar-refractivity contribution in [1.82, 2.24) is 5.32 Å². The number of nitrogens with one attached hydrogen (secondary N) is 1. The maximum absolute atomic E-state index is 11.7. The molecular weight excluding hydrogens is 260 g/mol. The maximum atomic E-state index is 11.7. The Morgan fingerprint density at radius 2 is 2.00 bits per heavy atom. The molecule has 0 radical (unpaired) electrons. The number of amides is 1.